The number of carbonyl (C=O) groups excluding carboxylic acids is 3. The molecule has 1 spiro atoms. The number of anilines is 2. The highest BCUT2D eigenvalue weighted by Gasteiger charge is 2.70. The van der Waals surface area contributed by atoms with Crippen LogP contribution in [-0.4, -0.2) is 36.4 Å². The van der Waals surface area contributed by atoms with Gasteiger partial charge in [0.25, 0.3) is 0 Å². The first-order valence-corrected chi connectivity index (χ1v) is 14.8. The molecule has 4 aliphatic rings. The number of nitrogens with one attached hydrogen (secondary N) is 1. The van der Waals surface area contributed by atoms with Crippen LogP contribution in [0.5, 0.6) is 11.5 Å². The fourth-order valence-electron chi connectivity index (χ4n) is 7.34. The van der Waals surface area contributed by atoms with Gasteiger partial charge in [-0.15, -0.1) is 11.3 Å². The average Bonchev–Trinajstić information content (AvgIpc) is 3.79. The van der Waals surface area contributed by atoms with Crippen molar-refractivity contribution in [1.29, 1.82) is 0 Å². The van der Waals surface area contributed by atoms with E-state index in [4.69, 9.17) is 9.47 Å². The van der Waals surface area contributed by atoms with Crippen LogP contribution in [0.2, 0.25) is 0 Å². The number of Topliss-reactive ketones (excluding diaryl/α,β-unsaturated/α-hetero) is 2. The summed E-state index contributed by atoms with van der Waals surface area (Å²) < 4.78 is 11.1. The topological polar surface area (TPSA) is 84.9 Å². The van der Waals surface area contributed by atoms with Gasteiger partial charge < -0.3 is 19.7 Å². The molecular formula is C34H26N2O5S. The molecule has 3 aromatic carbocycles. The van der Waals surface area contributed by atoms with Gasteiger partial charge in [-0.3, -0.25) is 14.4 Å². The molecule has 5 heterocycles. The maximum absolute atomic E-state index is 15.0. The van der Waals surface area contributed by atoms with E-state index in [9.17, 15) is 14.4 Å². The quantitative estimate of drug-likeness (QED) is 0.300. The number of hydrogen-bond donors (Lipinski definition) is 1. The summed E-state index contributed by atoms with van der Waals surface area (Å²) in [6.07, 6.45) is 2.07. The molecule has 1 saturated heterocycles. The Morgan fingerprint density at radius 3 is 2.62 bits per heavy atom. The molecule has 4 aliphatic heterocycles. The number of aryl methyl sites for hydroxylation is 1. The SMILES string of the molecule is CC1=C[C@@H]2N(c3ccc(C)cc31)[C@H](C(=O)c1cccs1)[C@H](C(=O)c1ccc3c(c1)OCO3)[C@@]21C(=O)Nc2ccccc21. The van der Waals surface area contributed by atoms with Crippen LogP contribution in [0.4, 0.5) is 11.4 Å². The second kappa shape index (κ2) is 8.90. The number of thiophene rings is 1. The van der Waals surface area contributed by atoms with E-state index in [1.54, 1.807) is 24.3 Å². The molecule has 8 heteroatoms. The van der Waals surface area contributed by atoms with Crippen molar-refractivity contribution in [3.8, 4) is 11.5 Å². The zero-order valence-electron chi connectivity index (χ0n) is 22.9. The van der Waals surface area contributed by atoms with Gasteiger partial charge in [0.1, 0.15) is 11.5 Å². The highest BCUT2D eigenvalue weighted by molar-refractivity contribution is 7.12. The second-order valence-electron chi connectivity index (χ2n) is 11.3. The molecule has 4 atom stereocenters. The molecule has 42 heavy (non-hydrogen) atoms. The highest BCUT2D eigenvalue weighted by atomic mass is 32.1. The maximum Gasteiger partial charge on any atom is 0.238 e. The van der Waals surface area contributed by atoms with Gasteiger partial charge in [-0.05, 0) is 72.8 Å². The minimum atomic E-state index is -1.36. The van der Waals surface area contributed by atoms with Crippen LogP contribution in [0.1, 0.15) is 43.6 Å². The fraction of sp³-hybridized carbons (Fsp3) is 0.206. The standard InChI is InChI=1S/C34H26N2O5S/c1-18-9-11-24-21(14-18)19(2)15-28-34(22-6-3-4-7-23(22)35-33(34)39)29(30(36(24)28)32(38)27-8-5-13-42-27)31(37)20-10-12-25-26(16-20)41-17-40-25/h3-16,28-30H,17H2,1-2H3,(H,35,39)/t28-,29+,30-,34-/m0/s1. The lowest BCUT2D eigenvalue weighted by molar-refractivity contribution is -0.121. The summed E-state index contributed by atoms with van der Waals surface area (Å²) in [4.78, 5) is 46.7. The normalized spacial score (nSPS) is 24.6. The molecule has 4 aromatic rings. The molecule has 0 saturated carbocycles. The van der Waals surface area contributed by atoms with Crippen LogP contribution in [0.25, 0.3) is 5.57 Å². The Labute approximate surface area is 246 Å². The molecule has 0 bridgehead atoms. The monoisotopic (exact) mass is 574 g/mol. The number of ether oxygens (including phenoxy) is 2. The molecule has 1 N–H and O–H groups in total. The summed E-state index contributed by atoms with van der Waals surface area (Å²) in [5, 5.41) is 4.94. The van der Waals surface area contributed by atoms with Crippen molar-refractivity contribution in [2.75, 3.05) is 17.0 Å². The van der Waals surface area contributed by atoms with Crippen LogP contribution in [-0.2, 0) is 10.2 Å². The van der Waals surface area contributed by atoms with Crippen molar-refractivity contribution < 1.29 is 23.9 Å². The molecule has 0 aliphatic carbocycles. The van der Waals surface area contributed by atoms with Gasteiger partial charge >= 0.3 is 0 Å². The Kier molecular flexibility index (Phi) is 5.31. The van der Waals surface area contributed by atoms with Crippen LogP contribution in [0.15, 0.2) is 84.3 Å². The van der Waals surface area contributed by atoms with E-state index in [-0.39, 0.29) is 24.3 Å². The Morgan fingerprint density at radius 2 is 1.79 bits per heavy atom. The predicted octanol–water partition coefficient (Wildman–Crippen LogP) is 6.03. The summed E-state index contributed by atoms with van der Waals surface area (Å²) in [6.45, 7) is 4.14. The summed E-state index contributed by atoms with van der Waals surface area (Å²) in [7, 11) is 0. The molecule has 1 amide bonds. The lowest BCUT2D eigenvalue weighted by Crippen LogP contribution is -2.51. The Bertz CT molecular complexity index is 1860. The summed E-state index contributed by atoms with van der Waals surface area (Å²) >= 11 is 1.34. The van der Waals surface area contributed by atoms with E-state index < -0.39 is 23.4 Å². The van der Waals surface area contributed by atoms with Crippen LogP contribution >= 0.6 is 11.3 Å². The van der Waals surface area contributed by atoms with E-state index in [0.717, 1.165) is 28.0 Å². The van der Waals surface area contributed by atoms with Crippen LogP contribution in [0, 0.1) is 12.8 Å². The number of para-hydroxylation sites is 1. The van der Waals surface area contributed by atoms with Crippen molar-refractivity contribution in [1.82, 2.24) is 0 Å². The Balaban J connectivity index is 1.43. The van der Waals surface area contributed by atoms with E-state index in [1.807, 2.05) is 66.6 Å². The van der Waals surface area contributed by atoms with Gasteiger partial charge in [0, 0.05) is 22.5 Å². The third-order valence-corrected chi connectivity index (χ3v) is 9.99. The first-order valence-electron chi connectivity index (χ1n) is 13.9. The molecule has 1 fully saturated rings. The van der Waals surface area contributed by atoms with Gasteiger partial charge in [-0.25, -0.2) is 0 Å². The van der Waals surface area contributed by atoms with Crippen molar-refractivity contribution in [3.63, 3.8) is 0 Å². The minimum absolute atomic E-state index is 0.0751. The molecule has 0 unspecified atom stereocenters. The van der Waals surface area contributed by atoms with Crippen LogP contribution in [0.3, 0.4) is 0 Å². The fourth-order valence-corrected chi connectivity index (χ4v) is 8.04. The molecule has 7 nitrogen and oxygen atoms in total. The van der Waals surface area contributed by atoms with Crippen molar-refractivity contribution in [2.45, 2.75) is 31.3 Å². The Morgan fingerprint density at radius 1 is 0.952 bits per heavy atom. The van der Waals surface area contributed by atoms with Crippen molar-refractivity contribution in [2.24, 2.45) is 5.92 Å². The van der Waals surface area contributed by atoms with Crippen molar-refractivity contribution in [3.05, 3.63) is 111 Å². The van der Waals surface area contributed by atoms with Gasteiger partial charge in [0.2, 0.25) is 12.7 Å². The number of ketones is 2. The second-order valence-corrected chi connectivity index (χ2v) is 12.2. The van der Waals surface area contributed by atoms with Gasteiger partial charge in [0.15, 0.2) is 23.1 Å². The van der Waals surface area contributed by atoms with Crippen molar-refractivity contribution >= 4 is 45.8 Å². The lowest BCUT2D eigenvalue weighted by Gasteiger charge is -2.39. The number of rotatable bonds is 4. The van der Waals surface area contributed by atoms with Gasteiger partial charge in [-0.2, -0.15) is 0 Å². The van der Waals surface area contributed by atoms with Gasteiger partial charge in [-0.1, -0.05) is 42.0 Å². The van der Waals surface area contributed by atoms with E-state index >= 15 is 0 Å². The number of benzene rings is 3. The van der Waals surface area contributed by atoms with E-state index in [0.29, 0.717) is 27.6 Å². The number of amides is 1. The Hall–Kier alpha value is -4.69. The third-order valence-electron chi connectivity index (χ3n) is 9.10. The first kappa shape index (κ1) is 25.1. The largest absolute Gasteiger partial charge is 0.454 e. The van der Waals surface area contributed by atoms with Gasteiger partial charge in [0.05, 0.1) is 16.8 Å². The van der Waals surface area contributed by atoms with E-state index in [2.05, 4.69) is 17.5 Å². The molecule has 208 valence electrons. The summed E-state index contributed by atoms with van der Waals surface area (Å²) in [6, 6.07) is 20.9. The number of fused-ring (bicyclic) bond motifs is 7. The van der Waals surface area contributed by atoms with E-state index in [1.165, 1.54) is 11.3 Å². The molecular weight excluding hydrogens is 548 g/mol. The number of hydrogen-bond acceptors (Lipinski definition) is 7. The number of nitrogens with zero attached hydrogens (tertiary/aromatic N) is 1. The lowest BCUT2D eigenvalue weighted by atomic mass is 9.64. The highest BCUT2D eigenvalue weighted by Crippen LogP contribution is 2.59. The minimum Gasteiger partial charge on any atom is -0.454 e. The number of allylic oxidation sites excluding steroid dienone is 1. The predicted molar refractivity (Wildman–Crippen MR) is 161 cm³/mol. The zero-order chi connectivity index (χ0) is 28.7. The zero-order valence-corrected chi connectivity index (χ0v) is 23.7. The smallest absolute Gasteiger partial charge is 0.238 e. The average molecular weight is 575 g/mol. The molecule has 1 aromatic heterocycles. The summed E-state index contributed by atoms with van der Waals surface area (Å²) in [5.41, 5.74) is 4.34. The third kappa shape index (κ3) is 3.24. The summed E-state index contributed by atoms with van der Waals surface area (Å²) in [5.74, 6) is -0.745. The maximum atomic E-state index is 15.0. The molecule has 8 rings (SSSR count). The molecule has 0 radical (unpaired) electrons. The first-order chi connectivity index (χ1) is 20.4. The van der Waals surface area contributed by atoms with Crippen LogP contribution < -0.4 is 19.7 Å². The number of carbonyl (C=O) groups is 3.